The van der Waals surface area contributed by atoms with Crippen molar-refractivity contribution in [2.45, 2.75) is 19.3 Å². The van der Waals surface area contributed by atoms with Crippen LogP contribution in [-0.4, -0.2) is 20.1 Å². The lowest BCUT2D eigenvalue weighted by molar-refractivity contribution is 0.454. The van der Waals surface area contributed by atoms with Crippen molar-refractivity contribution < 1.29 is 0 Å². The second-order valence-corrected chi connectivity index (χ2v) is 6.47. The summed E-state index contributed by atoms with van der Waals surface area (Å²) in [7, 11) is 2.02. The lowest BCUT2D eigenvalue weighted by atomic mass is 9.89. The number of halogens is 1. The molecule has 0 fully saturated rings. The maximum Gasteiger partial charge on any atom is 0.0444 e. The van der Waals surface area contributed by atoms with E-state index in [1.54, 1.807) is 0 Å². The van der Waals surface area contributed by atoms with E-state index >= 15 is 0 Å². The zero-order valence-corrected chi connectivity index (χ0v) is 13.8. The van der Waals surface area contributed by atoms with Crippen molar-refractivity contribution in [3.05, 3.63) is 59.1 Å². The molecule has 0 radical (unpaired) electrons. The molecule has 3 rings (SSSR count). The van der Waals surface area contributed by atoms with E-state index in [0.717, 1.165) is 24.5 Å². The fourth-order valence-corrected chi connectivity index (χ4v) is 3.52. The molecule has 1 N–H and O–H groups in total. The van der Waals surface area contributed by atoms with Crippen molar-refractivity contribution in [2.24, 2.45) is 5.92 Å². The number of fused-ring (bicyclic) bond motifs is 1. The van der Waals surface area contributed by atoms with Crippen LogP contribution in [0.25, 0.3) is 0 Å². The number of para-hydroxylation sites is 1. The molecule has 1 heterocycles. The quantitative estimate of drug-likeness (QED) is 0.808. The highest BCUT2D eigenvalue weighted by molar-refractivity contribution is 6.30. The smallest absolute Gasteiger partial charge is 0.0444 e. The Balaban J connectivity index is 1.88. The maximum absolute atomic E-state index is 6.22. The van der Waals surface area contributed by atoms with E-state index in [2.05, 4.69) is 52.7 Å². The minimum absolute atomic E-state index is 0.680. The molecule has 3 heteroatoms. The third kappa shape index (κ3) is 3.45. The van der Waals surface area contributed by atoms with Crippen LogP contribution in [0.1, 0.15) is 18.4 Å². The predicted molar refractivity (Wildman–Crippen MR) is 95.3 cm³/mol. The minimum atomic E-state index is 0.680. The lowest BCUT2D eigenvalue weighted by Gasteiger charge is -2.36. The molecule has 0 saturated heterocycles. The van der Waals surface area contributed by atoms with E-state index in [0.29, 0.717) is 5.92 Å². The monoisotopic (exact) mass is 314 g/mol. The first-order valence-corrected chi connectivity index (χ1v) is 8.41. The average Bonchev–Trinajstić information content (AvgIpc) is 2.55. The SMILES string of the molecule is CNCCCC1Cc2cc(Cl)ccc2N(c2ccccc2)C1. The number of hydrogen-bond acceptors (Lipinski definition) is 2. The van der Waals surface area contributed by atoms with Gasteiger partial charge in [0.05, 0.1) is 0 Å². The number of nitrogens with one attached hydrogen (secondary N) is 1. The van der Waals surface area contributed by atoms with E-state index < -0.39 is 0 Å². The maximum atomic E-state index is 6.22. The van der Waals surface area contributed by atoms with Gasteiger partial charge < -0.3 is 10.2 Å². The first-order valence-electron chi connectivity index (χ1n) is 8.03. The molecule has 1 atom stereocenters. The molecular weight excluding hydrogens is 292 g/mol. The Morgan fingerprint density at radius 2 is 2.00 bits per heavy atom. The number of anilines is 2. The van der Waals surface area contributed by atoms with Crippen molar-refractivity contribution in [3.8, 4) is 0 Å². The van der Waals surface area contributed by atoms with Crippen molar-refractivity contribution >= 4 is 23.0 Å². The van der Waals surface area contributed by atoms with Crippen LogP contribution in [-0.2, 0) is 6.42 Å². The van der Waals surface area contributed by atoms with E-state index in [1.165, 1.54) is 29.8 Å². The summed E-state index contributed by atoms with van der Waals surface area (Å²) >= 11 is 6.22. The van der Waals surface area contributed by atoms with Crippen LogP contribution in [0.2, 0.25) is 5.02 Å². The Hall–Kier alpha value is -1.51. The van der Waals surface area contributed by atoms with Gasteiger partial charge in [-0.2, -0.15) is 0 Å². The zero-order chi connectivity index (χ0) is 15.4. The molecule has 2 nitrogen and oxygen atoms in total. The van der Waals surface area contributed by atoms with Crippen molar-refractivity contribution in [1.29, 1.82) is 0 Å². The van der Waals surface area contributed by atoms with Gasteiger partial charge in [-0.05, 0) is 74.7 Å². The highest BCUT2D eigenvalue weighted by Gasteiger charge is 2.25. The molecule has 1 unspecified atom stereocenters. The predicted octanol–water partition coefficient (Wildman–Crippen LogP) is 4.65. The molecule has 2 aromatic carbocycles. The number of nitrogens with zero attached hydrogens (tertiary/aromatic N) is 1. The van der Waals surface area contributed by atoms with Crippen LogP contribution >= 0.6 is 11.6 Å². The molecule has 1 aliphatic rings. The van der Waals surface area contributed by atoms with E-state index in [-0.39, 0.29) is 0 Å². The summed E-state index contributed by atoms with van der Waals surface area (Å²) in [5.41, 5.74) is 3.95. The number of benzene rings is 2. The molecule has 1 aliphatic heterocycles. The summed E-state index contributed by atoms with van der Waals surface area (Å²) < 4.78 is 0. The van der Waals surface area contributed by atoms with Gasteiger partial charge in [0, 0.05) is 22.9 Å². The number of hydrogen-bond donors (Lipinski definition) is 1. The fourth-order valence-electron chi connectivity index (χ4n) is 3.33. The lowest BCUT2D eigenvalue weighted by Crippen LogP contribution is -2.32. The average molecular weight is 315 g/mol. The largest absolute Gasteiger partial charge is 0.341 e. The van der Waals surface area contributed by atoms with Crippen LogP contribution in [0, 0.1) is 5.92 Å². The topological polar surface area (TPSA) is 15.3 Å². The van der Waals surface area contributed by atoms with Crippen LogP contribution in [0.5, 0.6) is 0 Å². The third-order valence-electron chi connectivity index (χ3n) is 4.39. The second-order valence-electron chi connectivity index (χ2n) is 6.04. The van der Waals surface area contributed by atoms with Gasteiger partial charge >= 0.3 is 0 Å². The van der Waals surface area contributed by atoms with Crippen LogP contribution in [0.3, 0.4) is 0 Å². The first-order chi connectivity index (χ1) is 10.8. The van der Waals surface area contributed by atoms with Crippen LogP contribution in [0.15, 0.2) is 48.5 Å². The Labute approximate surface area is 138 Å². The van der Waals surface area contributed by atoms with Crippen molar-refractivity contribution in [3.63, 3.8) is 0 Å². The summed E-state index contributed by atoms with van der Waals surface area (Å²) in [6, 6.07) is 17.0. The number of rotatable bonds is 5. The van der Waals surface area contributed by atoms with Crippen molar-refractivity contribution in [1.82, 2.24) is 5.32 Å². The van der Waals surface area contributed by atoms with Gasteiger partial charge in [0.25, 0.3) is 0 Å². The normalized spacial score (nSPS) is 17.4. The molecule has 0 aliphatic carbocycles. The van der Waals surface area contributed by atoms with Gasteiger partial charge in [-0.1, -0.05) is 29.8 Å². The van der Waals surface area contributed by atoms with E-state index in [4.69, 9.17) is 11.6 Å². The zero-order valence-electron chi connectivity index (χ0n) is 13.1. The molecule has 0 saturated carbocycles. The standard InChI is InChI=1S/C19H23ClN2/c1-21-11-5-6-15-12-16-13-17(20)9-10-19(16)22(14-15)18-7-3-2-4-8-18/h2-4,7-10,13,15,21H,5-6,11-12,14H2,1H3. The van der Waals surface area contributed by atoms with Gasteiger partial charge in [-0.15, -0.1) is 0 Å². The van der Waals surface area contributed by atoms with Gasteiger partial charge in [0.2, 0.25) is 0 Å². The Morgan fingerprint density at radius 1 is 1.18 bits per heavy atom. The highest BCUT2D eigenvalue weighted by Crippen LogP contribution is 2.37. The molecule has 2 aromatic rings. The molecule has 22 heavy (non-hydrogen) atoms. The van der Waals surface area contributed by atoms with Crippen molar-refractivity contribution in [2.75, 3.05) is 25.0 Å². The van der Waals surface area contributed by atoms with Gasteiger partial charge in [0.1, 0.15) is 0 Å². The summed E-state index contributed by atoms with van der Waals surface area (Å²) in [6.07, 6.45) is 3.60. The minimum Gasteiger partial charge on any atom is -0.341 e. The summed E-state index contributed by atoms with van der Waals surface area (Å²) in [5.74, 6) is 0.680. The molecule has 0 spiro atoms. The van der Waals surface area contributed by atoms with E-state index in [9.17, 15) is 0 Å². The molecule has 116 valence electrons. The highest BCUT2D eigenvalue weighted by atomic mass is 35.5. The molecular formula is C19H23ClN2. The Morgan fingerprint density at radius 3 is 2.77 bits per heavy atom. The fraction of sp³-hybridized carbons (Fsp3) is 0.368. The third-order valence-corrected chi connectivity index (χ3v) is 4.62. The van der Waals surface area contributed by atoms with Crippen LogP contribution < -0.4 is 10.2 Å². The summed E-state index contributed by atoms with van der Waals surface area (Å²) in [5, 5.41) is 4.08. The van der Waals surface area contributed by atoms with E-state index in [1.807, 2.05) is 13.1 Å². The van der Waals surface area contributed by atoms with Gasteiger partial charge in [-0.25, -0.2) is 0 Å². The first kappa shape index (κ1) is 15.4. The Bertz CT molecular complexity index is 612. The summed E-state index contributed by atoms with van der Waals surface area (Å²) in [4.78, 5) is 2.44. The molecule has 0 aromatic heterocycles. The second kappa shape index (κ2) is 7.17. The summed E-state index contributed by atoms with van der Waals surface area (Å²) in [6.45, 7) is 2.17. The van der Waals surface area contributed by atoms with Gasteiger partial charge in [-0.3, -0.25) is 0 Å². The Kier molecular flexibility index (Phi) is 5.01. The van der Waals surface area contributed by atoms with Gasteiger partial charge in [0.15, 0.2) is 0 Å². The molecule has 0 amide bonds. The molecule has 0 bridgehead atoms. The van der Waals surface area contributed by atoms with Crippen LogP contribution in [0.4, 0.5) is 11.4 Å².